The third kappa shape index (κ3) is 2.72. The summed E-state index contributed by atoms with van der Waals surface area (Å²) in [4.78, 5) is 7.59. The Morgan fingerprint density at radius 2 is 1.61 bits per heavy atom. The molecule has 0 radical (unpaired) electrons. The molecule has 2 aromatic carbocycles. The number of anilines is 2. The molecule has 23 heavy (non-hydrogen) atoms. The highest BCUT2D eigenvalue weighted by molar-refractivity contribution is 6.42. The maximum atomic E-state index is 6.06. The molecule has 2 heterocycles. The zero-order valence-electron chi connectivity index (χ0n) is 11.7. The van der Waals surface area contributed by atoms with E-state index in [1.807, 2.05) is 24.3 Å². The van der Waals surface area contributed by atoms with E-state index in [0.717, 1.165) is 33.3 Å². The zero-order valence-corrected chi connectivity index (χ0v) is 14.0. The quantitative estimate of drug-likeness (QED) is 0.432. The van der Waals surface area contributed by atoms with E-state index in [-0.39, 0.29) is 0 Å². The smallest absolute Gasteiger partial charge is 0.138 e. The summed E-state index contributed by atoms with van der Waals surface area (Å²) < 4.78 is 0. The van der Waals surface area contributed by atoms with Crippen LogP contribution in [0.1, 0.15) is 0 Å². The molecule has 0 fully saturated rings. The summed E-state index contributed by atoms with van der Waals surface area (Å²) in [6.45, 7) is 0. The molecule has 0 atom stereocenters. The van der Waals surface area contributed by atoms with Crippen LogP contribution in [0.25, 0.3) is 21.9 Å². The van der Waals surface area contributed by atoms with Crippen molar-refractivity contribution in [3.05, 3.63) is 63.7 Å². The van der Waals surface area contributed by atoms with Gasteiger partial charge in [-0.2, -0.15) is 0 Å². The van der Waals surface area contributed by atoms with Gasteiger partial charge < -0.3 is 10.3 Å². The van der Waals surface area contributed by atoms with Gasteiger partial charge in [0.1, 0.15) is 5.65 Å². The Balaban J connectivity index is 1.79. The van der Waals surface area contributed by atoms with Crippen LogP contribution in [-0.2, 0) is 0 Å². The number of rotatable bonds is 2. The largest absolute Gasteiger partial charge is 0.355 e. The van der Waals surface area contributed by atoms with E-state index in [1.54, 1.807) is 18.3 Å². The number of aromatic nitrogens is 2. The topological polar surface area (TPSA) is 40.7 Å². The number of nitrogens with zero attached hydrogens (tertiary/aromatic N) is 1. The van der Waals surface area contributed by atoms with E-state index in [1.165, 1.54) is 0 Å². The van der Waals surface area contributed by atoms with Gasteiger partial charge >= 0.3 is 0 Å². The molecule has 0 amide bonds. The summed E-state index contributed by atoms with van der Waals surface area (Å²) in [5.74, 6) is 0. The van der Waals surface area contributed by atoms with Crippen LogP contribution in [-0.4, -0.2) is 9.97 Å². The molecule has 0 spiro atoms. The van der Waals surface area contributed by atoms with Gasteiger partial charge in [0, 0.05) is 33.9 Å². The molecule has 4 rings (SSSR count). The van der Waals surface area contributed by atoms with Crippen LogP contribution in [0.3, 0.4) is 0 Å². The average Bonchev–Trinajstić information content (AvgIpc) is 2.88. The molecule has 2 N–H and O–H groups in total. The summed E-state index contributed by atoms with van der Waals surface area (Å²) in [6, 6.07) is 13.4. The summed E-state index contributed by atoms with van der Waals surface area (Å²) in [5.41, 5.74) is 3.64. The van der Waals surface area contributed by atoms with Gasteiger partial charge in [-0.25, -0.2) is 4.98 Å². The van der Waals surface area contributed by atoms with Gasteiger partial charge in [0.25, 0.3) is 0 Å². The molecular formula is C17H10Cl3N3. The average molecular weight is 363 g/mol. The van der Waals surface area contributed by atoms with Crippen LogP contribution >= 0.6 is 34.8 Å². The molecule has 0 aliphatic carbocycles. The fourth-order valence-corrected chi connectivity index (χ4v) is 3.02. The number of H-pyrrole nitrogens is 1. The lowest BCUT2D eigenvalue weighted by atomic mass is 10.1. The van der Waals surface area contributed by atoms with Gasteiger partial charge in [-0.3, -0.25) is 0 Å². The highest BCUT2D eigenvalue weighted by Gasteiger charge is 2.07. The molecule has 0 aliphatic heterocycles. The minimum atomic E-state index is 0.515. The Morgan fingerprint density at radius 3 is 2.43 bits per heavy atom. The monoisotopic (exact) mass is 361 g/mol. The molecule has 6 heteroatoms. The third-order valence-corrected chi connectivity index (χ3v) is 4.57. The minimum absolute atomic E-state index is 0.515. The number of benzene rings is 2. The van der Waals surface area contributed by atoms with Crippen LogP contribution in [0.4, 0.5) is 11.4 Å². The first-order chi connectivity index (χ1) is 11.1. The van der Waals surface area contributed by atoms with Gasteiger partial charge in [-0.1, -0.05) is 34.8 Å². The van der Waals surface area contributed by atoms with Gasteiger partial charge in [-0.05, 0) is 42.5 Å². The van der Waals surface area contributed by atoms with Crippen LogP contribution in [0.15, 0.2) is 48.7 Å². The molecule has 0 saturated carbocycles. The lowest BCUT2D eigenvalue weighted by Crippen LogP contribution is -1.89. The van der Waals surface area contributed by atoms with Crippen LogP contribution in [0, 0.1) is 0 Å². The molecule has 3 nitrogen and oxygen atoms in total. The maximum absolute atomic E-state index is 6.06. The lowest BCUT2D eigenvalue weighted by Gasteiger charge is -2.07. The van der Waals surface area contributed by atoms with E-state index in [0.29, 0.717) is 15.1 Å². The molecule has 2 aromatic heterocycles. The maximum Gasteiger partial charge on any atom is 0.138 e. The normalized spacial score (nSPS) is 11.3. The zero-order chi connectivity index (χ0) is 16.0. The van der Waals surface area contributed by atoms with Crippen molar-refractivity contribution in [2.45, 2.75) is 0 Å². The van der Waals surface area contributed by atoms with E-state index in [2.05, 4.69) is 21.4 Å². The first-order valence-corrected chi connectivity index (χ1v) is 8.02. The number of aromatic amines is 1. The number of hydrogen-bond donors (Lipinski definition) is 2. The number of pyridine rings is 1. The van der Waals surface area contributed by atoms with Crippen molar-refractivity contribution in [1.82, 2.24) is 9.97 Å². The first-order valence-electron chi connectivity index (χ1n) is 6.89. The van der Waals surface area contributed by atoms with Gasteiger partial charge in [0.15, 0.2) is 0 Å². The molecular weight excluding hydrogens is 353 g/mol. The van der Waals surface area contributed by atoms with Crippen molar-refractivity contribution in [3.63, 3.8) is 0 Å². The second kappa shape index (κ2) is 5.60. The van der Waals surface area contributed by atoms with E-state index in [4.69, 9.17) is 34.8 Å². The second-order valence-corrected chi connectivity index (χ2v) is 6.44. The van der Waals surface area contributed by atoms with E-state index in [9.17, 15) is 0 Å². The van der Waals surface area contributed by atoms with Gasteiger partial charge in [-0.15, -0.1) is 0 Å². The van der Waals surface area contributed by atoms with Gasteiger partial charge in [0.2, 0.25) is 0 Å². The van der Waals surface area contributed by atoms with E-state index < -0.39 is 0 Å². The standard InChI is InChI=1S/C17H10Cl3N3/c18-9-5-13-12-6-10(2-4-16(12)23-17(13)21-8-9)22-11-1-3-14(19)15(20)7-11/h1-8,22H,(H,21,23). The number of hydrogen-bond acceptors (Lipinski definition) is 2. The highest BCUT2D eigenvalue weighted by Crippen LogP contribution is 2.31. The molecule has 0 bridgehead atoms. The summed E-state index contributed by atoms with van der Waals surface area (Å²) >= 11 is 18.1. The SMILES string of the molecule is Clc1cnc2[nH]c3ccc(Nc4ccc(Cl)c(Cl)c4)cc3c2c1. The first kappa shape index (κ1) is 14.6. The predicted octanol–water partition coefficient (Wildman–Crippen LogP) is 6.42. The van der Waals surface area contributed by atoms with Crippen molar-refractivity contribution in [2.75, 3.05) is 5.32 Å². The van der Waals surface area contributed by atoms with Crippen molar-refractivity contribution in [1.29, 1.82) is 0 Å². The highest BCUT2D eigenvalue weighted by atomic mass is 35.5. The van der Waals surface area contributed by atoms with Gasteiger partial charge in [0.05, 0.1) is 15.1 Å². The Kier molecular flexibility index (Phi) is 3.57. The van der Waals surface area contributed by atoms with Crippen LogP contribution in [0.2, 0.25) is 15.1 Å². The molecule has 4 aromatic rings. The molecule has 114 valence electrons. The fourth-order valence-electron chi connectivity index (χ4n) is 2.57. The van der Waals surface area contributed by atoms with E-state index >= 15 is 0 Å². The summed E-state index contributed by atoms with van der Waals surface area (Å²) in [7, 11) is 0. The summed E-state index contributed by atoms with van der Waals surface area (Å²) in [5, 5.41) is 7.03. The third-order valence-electron chi connectivity index (χ3n) is 3.63. The Labute approximate surface area is 147 Å². The van der Waals surface area contributed by atoms with Crippen molar-refractivity contribution < 1.29 is 0 Å². The fraction of sp³-hybridized carbons (Fsp3) is 0. The number of nitrogens with one attached hydrogen (secondary N) is 2. The molecule has 0 aliphatic rings. The molecule has 0 unspecified atom stereocenters. The van der Waals surface area contributed by atoms with Crippen molar-refractivity contribution in [3.8, 4) is 0 Å². The minimum Gasteiger partial charge on any atom is -0.355 e. The predicted molar refractivity (Wildman–Crippen MR) is 98.4 cm³/mol. The number of halogens is 3. The summed E-state index contributed by atoms with van der Waals surface area (Å²) in [6.07, 6.45) is 1.63. The van der Waals surface area contributed by atoms with Crippen LogP contribution < -0.4 is 5.32 Å². The second-order valence-electron chi connectivity index (χ2n) is 5.19. The lowest BCUT2D eigenvalue weighted by molar-refractivity contribution is 1.35. The Hall–Kier alpha value is -1.94. The number of fused-ring (bicyclic) bond motifs is 3. The van der Waals surface area contributed by atoms with Crippen molar-refractivity contribution >= 4 is 68.1 Å². The van der Waals surface area contributed by atoms with Crippen LogP contribution in [0.5, 0.6) is 0 Å². The Morgan fingerprint density at radius 1 is 0.826 bits per heavy atom. The Bertz CT molecular complexity index is 1040. The van der Waals surface area contributed by atoms with Crippen molar-refractivity contribution in [2.24, 2.45) is 0 Å². The molecule has 0 saturated heterocycles.